The fraction of sp³-hybridized carbons (Fsp3) is 0.706. The van der Waals surface area contributed by atoms with Crippen LogP contribution in [0.5, 0.6) is 0 Å². The summed E-state index contributed by atoms with van der Waals surface area (Å²) >= 11 is 0. The van der Waals surface area contributed by atoms with E-state index in [0.717, 1.165) is 19.4 Å². The molecule has 7 heteroatoms. The molecule has 1 saturated heterocycles. The molecule has 1 fully saturated rings. The molecule has 2 heterocycles. The minimum atomic E-state index is -0.288. The first kappa shape index (κ1) is 18.4. The number of aryl methyl sites for hydroxylation is 1. The smallest absolute Gasteiger partial charge is 0.245 e. The molecule has 0 saturated carbocycles. The third-order valence-corrected chi connectivity index (χ3v) is 3.71. The number of nitrogens with zero attached hydrogens (tertiary/aromatic N) is 2. The van der Waals surface area contributed by atoms with Crippen molar-refractivity contribution in [3.8, 4) is 0 Å². The van der Waals surface area contributed by atoms with E-state index >= 15 is 0 Å². The minimum Gasteiger partial charge on any atom is -0.376 e. The predicted molar refractivity (Wildman–Crippen MR) is 89.5 cm³/mol. The number of ether oxygens (including phenoxy) is 1. The van der Waals surface area contributed by atoms with Crippen molar-refractivity contribution < 1.29 is 18.8 Å². The third-order valence-electron chi connectivity index (χ3n) is 3.71. The Kier molecular flexibility index (Phi) is 5.99. The quantitative estimate of drug-likeness (QED) is 0.861. The summed E-state index contributed by atoms with van der Waals surface area (Å²) in [6.45, 7) is 8.92. The zero-order valence-electron chi connectivity index (χ0n) is 14.9. The lowest BCUT2D eigenvalue weighted by atomic mass is 9.91. The largest absolute Gasteiger partial charge is 0.376 e. The first-order valence-electron chi connectivity index (χ1n) is 8.35. The molecule has 2 amide bonds. The summed E-state index contributed by atoms with van der Waals surface area (Å²) in [5.74, 6) is 0.649. The fourth-order valence-electron chi connectivity index (χ4n) is 2.64. The van der Waals surface area contributed by atoms with Crippen LogP contribution >= 0.6 is 0 Å². The van der Waals surface area contributed by atoms with Gasteiger partial charge >= 0.3 is 0 Å². The molecule has 1 aromatic rings. The van der Waals surface area contributed by atoms with E-state index < -0.39 is 0 Å². The predicted octanol–water partition coefficient (Wildman–Crippen LogP) is 2.37. The van der Waals surface area contributed by atoms with Gasteiger partial charge in [0.15, 0.2) is 5.82 Å². The van der Waals surface area contributed by atoms with Crippen LogP contribution in [0.15, 0.2) is 10.6 Å². The molecule has 2 rings (SSSR count). The summed E-state index contributed by atoms with van der Waals surface area (Å²) in [5.41, 5.74) is -0.133. The normalized spacial score (nSPS) is 17.8. The summed E-state index contributed by atoms with van der Waals surface area (Å²) < 4.78 is 10.5. The highest BCUT2D eigenvalue weighted by Crippen LogP contribution is 2.21. The van der Waals surface area contributed by atoms with E-state index in [2.05, 4.69) is 10.5 Å². The molecule has 0 bridgehead atoms. The van der Waals surface area contributed by atoms with Crippen LogP contribution in [0, 0.1) is 12.3 Å². The van der Waals surface area contributed by atoms with Crippen molar-refractivity contribution in [1.82, 2.24) is 10.1 Å². The van der Waals surface area contributed by atoms with E-state index in [1.54, 1.807) is 17.9 Å². The lowest BCUT2D eigenvalue weighted by Crippen LogP contribution is -2.43. The molecule has 0 spiro atoms. The SMILES string of the molecule is Cc1cc(NC(=O)CN(C[C@@H]2CCCO2)C(=O)CC(C)(C)C)no1. The van der Waals surface area contributed by atoms with Crippen LogP contribution in [0.3, 0.4) is 0 Å². The van der Waals surface area contributed by atoms with Gasteiger partial charge in [-0.2, -0.15) is 0 Å². The van der Waals surface area contributed by atoms with Crippen LogP contribution in [-0.4, -0.2) is 47.7 Å². The molecule has 0 aromatic carbocycles. The van der Waals surface area contributed by atoms with Crippen molar-refractivity contribution in [3.05, 3.63) is 11.8 Å². The van der Waals surface area contributed by atoms with Gasteiger partial charge in [0, 0.05) is 25.6 Å². The molecule has 1 aliphatic rings. The van der Waals surface area contributed by atoms with Gasteiger partial charge < -0.3 is 19.5 Å². The van der Waals surface area contributed by atoms with Crippen LogP contribution in [0.4, 0.5) is 5.82 Å². The Hall–Kier alpha value is -1.89. The zero-order valence-corrected chi connectivity index (χ0v) is 14.9. The Morgan fingerprint density at radius 3 is 2.71 bits per heavy atom. The van der Waals surface area contributed by atoms with E-state index in [9.17, 15) is 9.59 Å². The Morgan fingerprint density at radius 2 is 2.17 bits per heavy atom. The summed E-state index contributed by atoms with van der Waals surface area (Å²) in [6, 6.07) is 1.64. The highest BCUT2D eigenvalue weighted by molar-refractivity contribution is 5.93. The van der Waals surface area contributed by atoms with Crippen molar-refractivity contribution >= 4 is 17.6 Å². The first-order chi connectivity index (χ1) is 11.2. The summed E-state index contributed by atoms with van der Waals surface area (Å²) in [7, 11) is 0. The molecule has 1 aliphatic heterocycles. The molecular formula is C17H27N3O4. The molecular weight excluding hydrogens is 310 g/mol. The van der Waals surface area contributed by atoms with Gasteiger partial charge in [0.2, 0.25) is 11.8 Å². The second-order valence-corrected chi connectivity index (χ2v) is 7.52. The number of carbonyl (C=O) groups is 2. The average molecular weight is 337 g/mol. The van der Waals surface area contributed by atoms with E-state index in [1.807, 2.05) is 20.8 Å². The number of rotatable bonds is 6. The Labute approximate surface area is 142 Å². The molecule has 134 valence electrons. The standard InChI is InChI=1S/C17H27N3O4/c1-12-8-14(19-24-12)18-15(21)11-20(10-13-6-5-7-23-13)16(22)9-17(2,3)4/h8,13H,5-7,9-11H2,1-4H3,(H,18,19,21)/t13-/m0/s1. The number of anilines is 1. The van der Waals surface area contributed by atoms with Gasteiger partial charge in [-0.3, -0.25) is 9.59 Å². The van der Waals surface area contributed by atoms with Crippen molar-refractivity contribution in [1.29, 1.82) is 0 Å². The molecule has 0 aliphatic carbocycles. The second-order valence-electron chi connectivity index (χ2n) is 7.52. The van der Waals surface area contributed by atoms with Crippen molar-refractivity contribution in [2.24, 2.45) is 5.41 Å². The number of amides is 2. The second kappa shape index (κ2) is 7.79. The molecule has 1 aromatic heterocycles. The van der Waals surface area contributed by atoms with Gasteiger partial charge in [0.25, 0.3) is 0 Å². The number of nitrogens with one attached hydrogen (secondary N) is 1. The maximum absolute atomic E-state index is 12.6. The molecule has 24 heavy (non-hydrogen) atoms. The number of hydrogen-bond donors (Lipinski definition) is 1. The maximum atomic E-state index is 12.6. The van der Waals surface area contributed by atoms with Gasteiger partial charge in [-0.25, -0.2) is 0 Å². The highest BCUT2D eigenvalue weighted by Gasteiger charge is 2.27. The Balaban J connectivity index is 1.97. The fourth-order valence-corrected chi connectivity index (χ4v) is 2.64. The van der Waals surface area contributed by atoms with Gasteiger partial charge in [-0.1, -0.05) is 25.9 Å². The van der Waals surface area contributed by atoms with E-state index in [4.69, 9.17) is 9.26 Å². The summed E-state index contributed by atoms with van der Waals surface area (Å²) in [5, 5.41) is 6.39. The number of hydrogen-bond acceptors (Lipinski definition) is 5. The van der Waals surface area contributed by atoms with E-state index in [-0.39, 0.29) is 29.9 Å². The zero-order chi connectivity index (χ0) is 17.7. The van der Waals surface area contributed by atoms with Crippen LogP contribution in [0.1, 0.15) is 45.8 Å². The van der Waals surface area contributed by atoms with Gasteiger partial charge in [-0.05, 0) is 25.2 Å². The van der Waals surface area contributed by atoms with Crippen LogP contribution < -0.4 is 5.32 Å². The summed E-state index contributed by atoms with van der Waals surface area (Å²) in [4.78, 5) is 26.4. The molecule has 0 radical (unpaired) electrons. The first-order valence-corrected chi connectivity index (χ1v) is 8.35. The number of carbonyl (C=O) groups excluding carboxylic acids is 2. The lowest BCUT2D eigenvalue weighted by Gasteiger charge is -2.28. The van der Waals surface area contributed by atoms with Gasteiger partial charge in [0.1, 0.15) is 5.76 Å². The van der Waals surface area contributed by atoms with Crippen LogP contribution in [0.2, 0.25) is 0 Å². The molecule has 1 atom stereocenters. The Morgan fingerprint density at radius 1 is 1.42 bits per heavy atom. The Bertz CT molecular complexity index is 571. The topological polar surface area (TPSA) is 84.7 Å². The lowest BCUT2D eigenvalue weighted by molar-refractivity contribution is -0.137. The van der Waals surface area contributed by atoms with Crippen LogP contribution in [0.25, 0.3) is 0 Å². The van der Waals surface area contributed by atoms with Crippen molar-refractivity contribution in [2.75, 3.05) is 25.0 Å². The minimum absolute atomic E-state index is 0.0102. The molecule has 7 nitrogen and oxygen atoms in total. The summed E-state index contributed by atoms with van der Waals surface area (Å²) in [6.07, 6.45) is 2.31. The molecule has 0 unspecified atom stereocenters. The van der Waals surface area contributed by atoms with Crippen molar-refractivity contribution in [2.45, 2.75) is 53.1 Å². The van der Waals surface area contributed by atoms with Gasteiger partial charge in [0.05, 0.1) is 12.6 Å². The van der Waals surface area contributed by atoms with Gasteiger partial charge in [-0.15, -0.1) is 0 Å². The monoisotopic (exact) mass is 337 g/mol. The molecule has 1 N–H and O–H groups in total. The van der Waals surface area contributed by atoms with Crippen LogP contribution in [-0.2, 0) is 14.3 Å². The van der Waals surface area contributed by atoms with Crippen molar-refractivity contribution in [3.63, 3.8) is 0 Å². The third kappa shape index (κ3) is 5.96. The highest BCUT2D eigenvalue weighted by atomic mass is 16.5. The average Bonchev–Trinajstić information content (AvgIpc) is 3.08. The number of aromatic nitrogens is 1. The van der Waals surface area contributed by atoms with E-state index in [1.165, 1.54) is 0 Å². The maximum Gasteiger partial charge on any atom is 0.245 e. The van der Waals surface area contributed by atoms with E-state index in [0.29, 0.717) is 24.5 Å².